The maximum absolute atomic E-state index is 12.8. The molecular formula is C32H45NO8. The van der Waals surface area contributed by atoms with Crippen LogP contribution in [0.4, 0.5) is 4.79 Å². The monoisotopic (exact) mass is 571 g/mol. The number of nitrogens with zero attached hydrogens (tertiary/aromatic N) is 1. The zero-order valence-electron chi connectivity index (χ0n) is 25.2. The number of ether oxygens (including phenoxy) is 6. The molecule has 0 bridgehead atoms. The molecule has 1 fully saturated rings. The lowest BCUT2D eigenvalue weighted by Crippen LogP contribution is -2.49. The van der Waals surface area contributed by atoms with Gasteiger partial charge < -0.3 is 33.3 Å². The molecule has 9 nitrogen and oxygen atoms in total. The molecule has 226 valence electrons. The zero-order chi connectivity index (χ0) is 29.8. The Bertz CT molecular complexity index is 1100. The van der Waals surface area contributed by atoms with Gasteiger partial charge in [0.05, 0.1) is 46.2 Å². The molecular weight excluding hydrogens is 526 g/mol. The first-order valence-electron chi connectivity index (χ1n) is 14.3. The molecule has 2 unspecified atom stereocenters. The molecule has 2 aromatic carbocycles. The highest BCUT2D eigenvalue weighted by atomic mass is 16.6. The van der Waals surface area contributed by atoms with Crippen molar-refractivity contribution in [2.24, 2.45) is 0 Å². The van der Waals surface area contributed by atoms with Crippen LogP contribution >= 0.6 is 0 Å². The van der Waals surface area contributed by atoms with Crippen molar-refractivity contribution in [1.29, 1.82) is 0 Å². The van der Waals surface area contributed by atoms with Gasteiger partial charge in [0.1, 0.15) is 17.1 Å². The van der Waals surface area contributed by atoms with E-state index in [0.29, 0.717) is 39.3 Å². The molecule has 41 heavy (non-hydrogen) atoms. The lowest BCUT2D eigenvalue weighted by molar-refractivity contribution is -0.161. The van der Waals surface area contributed by atoms with Gasteiger partial charge in [-0.15, -0.1) is 0 Å². The molecule has 0 N–H and O–H groups in total. The molecule has 0 spiro atoms. The normalized spacial score (nSPS) is 18.0. The number of para-hydroxylation sites is 1. The van der Waals surface area contributed by atoms with Crippen LogP contribution in [-0.2, 0) is 30.3 Å². The number of carbonyl (C=O) groups excluding carboxylic acids is 2. The fraction of sp³-hybridized carbons (Fsp3) is 0.562. The third-order valence-electron chi connectivity index (χ3n) is 6.67. The molecule has 0 saturated carbocycles. The van der Waals surface area contributed by atoms with Crippen molar-refractivity contribution in [2.45, 2.75) is 77.8 Å². The predicted molar refractivity (Wildman–Crippen MR) is 155 cm³/mol. The second-order valence-corrected chi connectivity index (χ2v) is 11.0. The first-order chi connectivity index (χ1) is 19.6. The van der Waals surface area contributed by atoms with Crippen LogP contribution in [0.2, 0.25) is 0 Å². The molecule has 1 aliphatic heterocycles. The highest BCUT2D eigenvalue weighted by molar-refractivity contribution is 5.74. The van der Waals surface area contributed by atoms with Gasteiger partial charge in [-0.1, -0.05) is 30.3 Å². The predicted octanol–water partition coefficient (Wildman–Crippen LogP) is 5.74. The second-order valence-electron chi connectivity index (χ2n) is 11.0. The van der Waals surface area contributed by atoms with Gasteiger partial charge in [-0.2, -0.15) is 0 Å². The molecule has 2 aromatic rings. The number of hydrogen-bond acceptors (Lipinski definition) is 8. The summed E-state index contributed by atoms with van der Waals surface area (Å²) in [5.41, 5.74) is 1.48. The van der Waals surface area contributed by atoms with Crippen molar-refractivity contribution >= 4 is 12.1 Å². The average Bonchev–Trinajstić information content (AvgIpc) is 2.94. The Morgan fingerprint density at radius 3 is 2.46 bits per heavy atom. The van der Waals surface area contributed by atoms with E-state index < -0.39 is 23.8 Å². The van der Waals surface area contributed by atoms with Gasteiger partial charge in [0.2, 0.25) is 0 Å². The van der Waals surface area contributed by atoms with Crippen LogP contribution in [0.1, 0.15) is 64.5 Å². The van der Waals surface area contributed by atoms with Gasteiger partial charge in [0.15, 0.2) is 6.10 Å². The maximum atomic E-state index is 12.8. The number of carbonyl (C=O) groups is 2. The van der Waals surface area contributed by atoms with Gasteiger partial charge in [-0.3, -0.25) is 0 Å². The Balaban J connectivity index is 1.54. The van der Waals surface area contributed by atoms with Gasteiger partial charge in [-0.25, -0.2) is 9.59 Å². The van der Waals surface area contributed by atoms with Crippen LogP contribution in [-0.4, -0.2) is 74.8 Å². The second kappa shape index (κ2) is 15.6. The Hall–Kier alpha value is -3.30. The number of likely N-dealkylation sites (tertiary alicyclic amines) is 1. The van der Waals surface area contributed by atoms with Crippen molar-refractivity contribution in [3.63, 3.8) is 0 Å². The van der Waals surface area contributed by atoms with E-state index >= 15 is 0 Å². The molecule has 1 heterocycles. The summed E-state index contributed by atoms with van der Waals surface area (Å²) in [6.07, 6.45) is -0.120. The molecule has 0 aliphatic carbocycles. The number of amides is 1. The Kier molecular flexibility index (Phi) is 12.3. The smallest absolute Gasteiger partial charge is 0.410 e. The first-order valence-corrected chi connectivity index (χ1v) is 14.3. The van der Waals surface area contributed by atoms with E-state index in [2.05, 4.69) is 0 Å². The first kappa shape index (κ1) is 32.2. The summed E-state index contributed by atoms with van der Waals surface area (Å²) in [6.45, 7) is 11.7. The van der Waals surface area contributed by atoms with Crippen LogP contribution in [0.5, 0.6) is 11.5 Å². The molecule has 0 radical (unpaired) electrons. The van der Waals surface area contributed by atoms with Crippen molar-refractivity contribution < 1.29 is 38.0 Å². The van der Waals surface area contributed by atoms with Gasteiger partial charge in [0.25, 0.3) is 0 Å². The van der Waals surface area contributed by atoms with E-state index in [1.54, 1.807) is 25.9 Å². The summed E-state index contributed by atoms with van der Waals surface area (Å²) in [5.74, 6) is 1.16. The third kappa shape index (κ3) is 10.2. The minimum Gasteiger partial charge on any atom is -0.496 e. The van der Waals surface area contributed by atoms with Crippen LogP contribution in [0, 0.1) is 0 Å². The summed E-state index contributed by atoms with van der Waals surface area (Å²) in [7, 11) is 1.65. The number of hydrogen-bond donors (Lipinski definition) is 0. The minimum atomic E-state index is -0.756. The van der Waals surface area contributed by atoms with E-state index in [4.69, 9.17) is 28.4 Å². The van der Waals surface area contributed by atoms with Crippen molar-refractivity contribution in [3.8, 4) is 11.5 Å². The van der Waals surface area contributed by atoms with Crippen LogP contribution < -0.4 is 9.47 Å². The third-order valence-corrected chi connectivity index (χ3v) is 6.67. The van der Waals surface area contributed by atoms with Gasteiger partial charge in [-0.05, 0) is 64.8 Å². The van der Waals surface area contributed by atoms with Gasteiger partial charge >= 0.3 is 12.1 Å². The standard InChI is InChI=1S/C32H45NO8/c1-7-38-30(34)23(2)40-29-21-33(31(35)41-32(3,4)5)18-17-27(29)24-13-15-26(16-14-24)39-20-10-19-37-22-25-11-8-9-12-28(25)36-6/h8-9,11-16,23,27,29H,7,10,17-22H2,1-6H3/t23-,27?,29?/m0/s1. The van der Waals surface area contributed by atoms with Crippen molar-refractivity contribution in [2.75, 3.05) is 40.0 Å². The largest absolute Gasteiger partial charge is 0.496 e. The highest BCUT2D eigenvalue weighted by Crippen LogP contribution is 2.33. The Morgan fingerprint density at radius 2 is 1.78 bits per heavy atom. The number of benzene rings is 2. The molecule has 0 aromatic heterocycles. The zero-order valence-corrected chi connectivity index (χ0v) is 25.2. The lowest BCUT2D eigenvalue weighted by Gasteiger charge is -2.39. The van der Waals surface area contributed by atoms with Crippen LogP contribution in [0.25, 0.3) is 0 Å². The lowest BCUT2D eigenvalue weighted by atomic mass is 9.87. The molecule has 3 atom stereocenters. The summed E-state index contributed by atoms with van der Waals surface area (Å²) in [4.78, 5) is 26.7. The van der Waals surface area contributed by atoms with Crippen LogP contribution in [0.3, 0.4) is 0 Å². The van der Waals surface area contributed by atoms with E-state index in [0.717, 1.165) is 29.0 Å². The summed E-state index contributed by atoms with van der Waals surface area (Å²) < 4.78 is 34.0. The molecule has 1 amide bonds. The number of piperidine rings is 1. The van der Waals surface area contributed by atoms with Gasteiger partial charge in [0, 0.05) is 24.4 Å². The number of rotatable bonds is 13. The molecule has 1 aliphatic rings. The fourth-order valence-corrected chi connectivity index (χ4v) is 4.67. The minimum absolute atomic E-state index is 0.0111. The van der Waals surface area contributed by atoms with Crippen LogP contribution in [0.15, 0.2) is 48.5 Å². The van der Waals surface area contributed by atoms with E-state index in [9.17, 15) is 9.59 Å². The fourth-order valence-electron chi connectivity index (χ4n) is 4.67. The van der Waals surface area contributed by atoms with E-state index in [1.807, 2.05) is 69.3 Å². The topological polar surface area (TPSA) is 92.8 Å². The summed E-state index contributed by atoms with van der Waals surface area (Å²) in [5, 5.41) is 0. The van der Waals surface area contributed by atoms with Crippen molar-refractivity contribution in [3.05, 3.63) is 59.7 Å². The summed E-state index contributed by atoms with van der Waals surface area (Å²) >= 11 is 0. The number of esters is 1. The highest BCUT2D eigenvalue weighted by Gasteiger charge is 2.37. The van der Waals surface area contributed by atoms with E-state index in [1.165, 1.54) is 0 Å². The molecule has 9 heteroatoms. The van der Waals surface area contributed by atoms with Crippen molar-refractivity contribution in [1.82, 2.24) is 4.90 Å². The SMILES string of the molecule is CCOC(=O)[C@H](C)OC1CN(C(=O)OC(C)(C)C)CCC1c1ccc(OCCCOCc2ccccc2OC)cc1. The number of methoxy groups -OCH3 is 1. The summed E-state index contributed by atoms with van der Waals surface area (Å²) in [6, 6.07) is 15.7. The Morgan fingerprint density at radius 1 is 1.05 bits per heavy atom. The molecule has 1 saturated heterocycles. The Labute approximate surface area is 244 Å². The quantitative estimate of drug-likeness (QED) is 0.222. The molecule has 3 rings (SSSR count). The van der Waals surface area contributed by atoms with E-state index in [-0.39, 0.29) is 18.6 Å². The maximum Gasteiger partial charge on any atom is 0.410 e. The average molecular weight is 572 g/mol.